The highest BCUT2D eigenvalue weighted by Gasteiger charge is 2.30. The Balaban J connectivity index is 2.18. The minimum atomic E-state index is -1.09. The van der Waals surface area contributed by atoms with Gasteiger partial charge < -0.3 is 14.8 Å². The lowest BCUT2D eigenvalue weighted by Gasteiger charge is -2.22. The van der Waals surface area contributed by atoms with Crippen molar-refractivity contribution in [2.24, 2.45) is 10.2 Å². The first-order chi connectivity index (χ1) is 9.16. The predicted molar refractivity (Wildman–Crippen MR) is 68.2 cm³/mol. The molecule has 0 radical (unpaired) electrons. The summed E-state index contributed by atoms with van der Waals surface area (Å²) in [6.45, 7) is 0.453. The zero-order valence-corrected chi connectivity index (χ0v) is 10.0. The summed E-state index contributed by atoms with van der Waals surface area (Å²) in [5.74, 6) is -0.851. The van der Waals surface area contributed by atoms with Gasteiger partial charge in [-0.15, -0.1) is 0 Å². The van der Waals surface area contributed by atoms with Crippen molar-refractivity contribution in [1.82, 2.24) is 0 Å². The molecular formula is C12H11BN2O4. The fourth-order valence-electron chi connectivity index (χ4n) is 2.31. The van der Waals surface area contributed by atoms with E-state index >= 15 is 0 Å². The highest BCUT2D eigenvalue weighted by atomic mass is 16.5. The Morgan fingerprint density at radius 3 is 2.95 bits per heavy atom. The Morgan fingerprint density at radius 2 is 2.26 bits per heavy atom. The third-order valence-corrected chi connectivity index (χ3v) is 3.19. The Kier molecular flexibility index (Phi) is 2.83. The first kappa shape index (κ1) is 11.9. The van der Waals surface area contributed by atoms with Gasteiger partial charge in [0, 0.05) is 5.56 Å². The molecule has 0 bridgehead atoms. The second-order valence-electron chi connectivity index (χ2n) is 4.41. The van der Waals surface area contributed by atoms with Gasteiger partial charge in [-0.3, -0.25) is 0 Å². The van der Waals surface area contributed by atoms with E-state index in [2.05, 4.69) is 10.2 Å². The molecule has 3 rings (SSSR count). The van der Waals surface area contributed by atoms with E-state index in [0.717, 1.165) is 5.56 Å². The summed E-state index contributed by atoms with van der Waals surface area (Å²) in [6.07, 6.45) is 2.82. The van der Waals surface area contributed by atoms with Gasteiger partial charge in [0.25, 0.3) is 0 Å². The largest absolute Gasteiger partial charge is 0.535 e. The summed E-state index contributed by atoms with van der Waals surface area (Å²) in [7, 11) is -0.958. The quantitative estimate of drug-likeness (QED) is 0.788. The molecule has 1 aromatic carbocycles. The fraction of sp³-hybridized carbons (Fsp3) is 0.250. The number of nitrogens with zero attached hydrogens (tertiary/aromatic N) is 2. The number of carboxylic acids is 1. The lowest BCUT2D eigenvalue weighted by atomic mass is 9.78. The van der Waals surface area contributed by atoms with Crippen LogP contribution in [0, 0.1) is 0 Å². The third kappa shape index (κ3) is 2.02. The maximum Gasteiger partial charge on any atom is 0.522 e. The summed E-state index contributed by atoms with van der Waals surface area (Å²) in [4.78, 5) is 11.5. The standard InChI is InChI=1S/C12H11BN2O4/c16-12(17)10-8(9-4-6-14-15-9)2-1-7-3-5-13(18)19-11(7)10/h1-2,4,18H,3,5-6H2,(H,16,17). The number of rotatable bonds is 2. The van der Waals surface area contributed by atoms with Gasteiger partial charge in [-0.25, -0.2) is 4.79 Å². The Hall–Kier alpha value is -2.15. The van der Waals surface area contributed by atoms with Crippen LogP contribution in [0.25, 0.3) is 5.70 Å². The highest BCUT2D eigenvalue weighted by molar-refractivity contribution is 6.44. The van der Waals surface area contributed by atoms with Crippen LogP contribution in [0.1, 0.15) is 21.5 Å². The van der Waals surface area contributed by atoms with Crippen molar-refractivity contribution in [3.05, 3.63) is 34.9 Å². The van der Waals surface area contributed by atoms with Crippen molar-refractivity contribution < 1.29 is 19.6 Å². The molecule has 0 aromatic heterocycles. The minimum Gasteiger partial charge on any atom is -0.535 e. The summed E-state index contributed by atoms with van der Waals surface area (Å²) < 4.78 is 5.30. The number of hydrogen-bond acceptors (Lipinski definition) is 5. The van der Waals surface area contributed by atoms with Gasteiger partial charge >= 0.3 is 13.1 Å². The van der Waals surface area contributed by atoms with Crippen molar-refractivity contribution in [2.45, 2.75) is 12.7 Å². The van der Waals surface area contributed by atoms with Gasteiger partial charge in [0.15, 0.2) is 0 Å². The minimum absolute atomic E-state index is 0.0448. The van der Waals surface area contributed by atoms with Crippen LogP contribution in [0.5, 0.6) is 5.75 Å². The Morgan fingerprint density at radius 1 is 1.42 bits per heavy atom. The number of azo groups is 1. The molecule has 0 atom stereocenters. The van der Waals surface area contributed by atoms with Gasteiger partial charge in [0.1, 0.15) is 11.3 Å². The molecule has 1 aromatic rings. The zero-order valence-electron chi connectivity index (χ0n) is 10.0. The summed E-state index contributed by atoms with van der Waals surface area (Å²) >= 11 is 0. The molecule has 0 unspecified atom stereocenters. The first-order valence-electron chi connectivity index (χ1n) is 5.98. The topological polar surface area (TPSA) is 91.5 Å². The molecule has 96 valence electrons. The number of fused-ring (bicyclic) bond motifs is 1. The van der Waals surface area contributed by atoms with Crippen LogP contribution in [0.2, 0.25) is 6.32 Å². The van der Waals surface area contributed by atoms with Crippen LogP contribution < -0.4 is 4.65 Å². The van der Waals surface area contributed by atoms with E-state index < -0.39 is 13.1 Å². The summed E-state index contributed by atoms with van der Waals surface area (Å²) in [5, 5.41) is 26.7. The van der Waals surface area contributed by atoms with Gasteiger partial charge in [-0.1, -0.05) is 12.1 Å². The van der Waals surface area contributed by atoms with Gasteiger partial charge in [-0.05, 0) is 24.4 Å². The lowest BCUT2D eigenvalue weighted by Crippen LogP contribution is -2.28. The summed E-state index contributed by atoms with van der Waals surface area (Å²) in [6, 6.07) is 3.54. The zero-order chi connectivity index (χ0) is 13.4. The fourth-order valence-corrected chi connectivity index (χ4v) is 2.31. The molecular weight excluding hydrogens is 247 g/mol. The molecule has 0 amide bonds. The maximum absolute atomic E-state index is 11.5. The molecule has 2 N–H and O–H groups in total. The van der Waals surface area contributed by atoms with E-state index in [1.807, 2.05) is 6.07 Å². The van der Waals surface area contributed by atoms with Gasteiger partial charge in [-0.2, -0.15) is 10.2 Å². The van der Waals surface area contributed by atoms with Gasteiger partial charge in [0.05, 0.1) is 12.2 Å². The van der Waals surface area contributed by atoms with Crippen molar-refractivity contribution in [3.8, 4) is 5.75 Å². The van der Waals surface area contributed by atoms with Crippen LogP contribution in [-0.2, 0) is 6.42 Å². The van der Waals surface area contributed by atoms with E-state index in [1.54, 1.807) is 12.1 Å². The smallest absolute Gasteiger partial charge is 0.522 e. The molecule has 0 saturated heterocycles. The normalized spacial score (nSPS) is 16.9. The summed E-state index contributed by atoms with van der Waals surface area (Å²) in [5.41, 5.74) is 1.84. The second-order valence-corrected chi connectivity index (χ2v) is 4.41. The van der Waals surface area contributed by atoms with E-state index in [4.69, 9.17) is 4.65 Å². The van der Waals surface area contributed by atoms with E-state index in [-0.39, 0.29) is 11.3 Å². The van der Waals surface area contributed by atoms with Crippen LogP contribution in [0.3, 0.4) is 0 Å². The number of aromatic carboxylic acids is 1. The molecule has 2 heterocycles. The Labute approximate surface area is 109 Å². The molecule has 0 spiro atoms. The van der Waals surface area contributed by atoms with E-state index in [9.17, 15) is 14.9 Å². The molecule has 7 heteroatoms. The number of aryl methyl sites for hydroxylation is 1. The third-order valence-electron chi connectivity index (χ3n) is 3.19. The molecule has 19 heavy (non-hydrogen) atoms. The van der Waals surface area contributed by atoms with Crippen LogP contribution in [0.15, 0.2) is 28.4 Å². The first-order valence-corrected chi connectivity index (χ1v) is 5.98. The van der Waals surface area contributed by atoms with Gasteiger partial charge in [0.2, 0.25) is 0 Å². The van der Waals surface area contributed by atoms with Crippen LogP contribution in [-0.4, -0.2) is 29.8 Å². The molecule has 0 saturated carbocycles. The van der Waals surface area contributed by atoms with E-state index in [0.29, 0.717) is 30.5 Å². The molecule has 0 fully saturated rings. The predicted octanol–water partition coefficient (Wildman–Crippen LogP) is 1.61. The highest BCUT2D eigenvalue weighted by Crippen LogP contribution is 2.36. The monoisotopic (exact) mass is 258 g/mol. The molecule has 2 aliphatic rings. The van der Waals surface area contributed by atoms with Crippen molar-refractivity contribution >= 4 is 18.8 Å². The number of carbonyl (C=O) groups is 1. The van der Waals surface area contributed by atoms with Crippen molar-refractivity contribution in [1.29, 1.82) is 0 Å². The van der Waals surface area contributed by atoms with Crippen LogP contribution in [0.4, 0.5) is 0 Å². The number of hydrogen-bond donors (Lipinski definition) is 2. The average molecular weight is 258 g/mol. The maximum atomic E-state index is 11.5. The molecule has 2 aliphatic heterocycles. The van der Waals surface area contributed by atoms with Crippen molar-refractivity contribution in [3.63, 3.8) is 0 Å². The number of benzene rings is 1. The Bertz CT molecular complexity index is 612. The SMILES string of the molecule is O=C(O)c1c(C2=CCN=N2)ccc2c1OB(O)CC2. The van der Waals surface area contributed by atoms with Crippen LogP contribution >= 0.6 is 0 Å². The number of carboxylic acid groups (broad SMARTS) is 1. The molecule has 0 aliphatic carbocycles. The lowest BCUT2D eigenvalue weighted by molar-refractivity contribution is 0.0694. The average Bonchev–Trinajstić information content (AvgIpc) is 2.90. The van der Waals surface area contributed by atoms with Crippen molar-refractivity contribution in [2.75, 3.05) is 6.54 Å². The van der Waals surface area contributed by atoms with E-state index in [1.165, 1.54) is 0 Å². The molecule has 6 nitrogen and oxygen atoms in total. The second kappa shape index (κ2) is 4.51.